The topological polar surface area (TPSA) is 26.0 Å². The summed E-state index contributed by atoms with van der Waals surface area (Å²) < 4.78 is 0. The largest absolute Gasteiger partial charge is 0.324 e. The quantitative estimate of drug-likeness (QED) is 0.818. The molecule has 0 radical (unpaired) electrons. The Morgan fingerprint density at radius 3 is 2.40 bits per heavy atom. The molecule has 84 valence electrons. The second kappa shape index (κ2) is 5.53. The number of rotatable bonds is 2. The van der Waals surface area contributed by atoms with Crippen LogP contribution in [-0.2, 0) is 0 Å². The fourth-order valence-electron chi connectivity index (χ4n) is 2.53. The molecule has 0 heterocycles. The van der Waals surface area contributed by atoms with Crippen LogP contribution in [0.5, 0.6) is 0 Å². The molecule has 0 aromatic heterocycles. The SMILES string of the molecule is Cc1ccccc1[C@H](N)C1CCCC1.Cl. The van der Waals surface area contributed by atoms with E-state index in [1.807, 2.05) is 0 Å². The normalized spacial score (nSPS) is 18.5. The molecule has 15 heavy (non-hydrogen) atoms. The van der Waals surface area contributed by atoms with E-state index < -0.39 is 0 Å². The van der Waals surface area contributed by atoms with Crippen LogP contribution in [0.4, 0.5) is 0 Å². The van der Waals surface area contributed by atoms with Gasteiger partial charge in [-0.05, 0) is 36.8 Å². The van der Waals surface area contributed by atoms with E-state index in [-0.39, 0.29) is 18.4 Å². The van der Waals surface area contributed by atoms with Crippen molar-refractivity contribution in [2.75, 3.05) is 0 Å². The van der Waals surface area contributed by atoms with Crippen LogP contribution < -0.4 is 5.73 Å². The lowest BCUT2D eigenvalue weighted by Crippen LogP contribution is -2.19. The highest BCUT2D eigenvalue weighted by Gasteiger charge is 2.23. The van der Waals surface area contributed by atoms with E-state index in [1.54, 1.807) is 0 Å². The third-order valence-corrected chi connectivity index (χ3v) is 3.46. The molecule has 0 saturated heterocycles. The minimum Gasteiger partial charge on any atom is -0.324 e. The summed E-state index contributed by atoms with van der Waals surface area (Å²) in [4.78, 5) is 0. The molecule has 1 aromatic rings. The number of benzene rings is 1. The van der Waals surface area contributed by atoms with E-state index in [4.69, 9.17) is 5.73 Å². The summed E-state index contributed by atoms with van der Waals surface area (Å²) >= 11 is 0. The van der Waals surface area contributed by atoms with Crippen LogP contribution in [0.25, 0.3) is 0 Å². The molecule has 0 amide bonds. The highest BCUT2D eigenvalue weighted by atomic mass is 35.5. The third kappa shape index (κ3) is 2.73. The van der Waals surface area contributed by atoms with Crippen LogP contribution in [0.2, 0.25) is 0 Å². The Bertz CT molecular complexity index is 305. The van der Waals surface area contributed by atoms with Crippen molar-refractivity contribution >= 4 is 12.4 Å². The molecule has 1 atom stereocenters. The molecule has 1 aliphatic rings. The maximum absolute atomic E-state index is 6.30. The first-order valence-corrected chi connectivity index (χ1v) is 5.60. The molecule has 2 rings (SSSR count). The first-order chi connectivity index (χ1) is 6.79. The molecule has 2 heteroatoms. The minimum atomic E-state index is 0. The standard InChI is InChI=1S/C13H19N.ClH/c1-10-6-2-5-9-12(10)13(14)11-7-3-4-8-11;/h2,5-6,9,11,13H,3-4,7-8,14H2,1H3;1H/t13-;/m1./s1. The molecule has 0 spiro atoms. The number of hydrogen-bond acceptors (Lipinski definition) is 1. The van der Waals surface area contributed by atoms with Crippen molar-refractivity contribution in [3.63, 3.8) is 0 Å². The fraction of sp³-hybridized carbons (Fsp3) is 0.538. The predicted octanol–water partition coefficient (Wildman–Crippen LogP) is 3.61. The van der Waals surface area contributed by atoms with Gasteiger partial charge in [0.15, 0.2) is 0 Å². The highest BCUT2D eigenvalue weighted by molar-refractivity contribution is 5.85. The third-order valence-electron chi connectivity index (χ3n) is 3.46. The van der Waals surface area contributed by atoms with Crippen molar-refractivity contribution in [3.8, 4) is 0 Å². The molecule has 2 N–H and O–H groups in total. The molecule has 0 aliphatic heterocycles. The lowest BCUT2D eigenvalue weighted by atomic mass is 9.90. The average Bonchev–Trinajstić information content (AvgIpc) is 2.70. The van der Waals surface area contributed by atoms with Gasteiger partial charge in [0, 0.05) is 6.04 Å². The van der Waals surface area contributed by atoms with Gasteiger partial charge in [-0.25, -0.2) is 0 Å². The number of nitrogens with two attached hydrogens (primary N) is 1. The van der Waals surface area contributed by atoms with Crippen LogP contribution in [0.15, 0.2) is 24.3 Å². The lowest BCUT2D eigenvalue weighted by molar-refractivity contribution is 0.443. The fourth-order valence-corrected chi connectivity index (χ4v) is 2.53. The zero-order valence-electron chi connectivity index (χ0n) is 9.28. The van der Waals surface area contributed by atoms with Gasteiger partial charge in [0.25, 0.3) is 0 Å². The second-order valence-electron chi connectivity index (χ2n) is 4.43. The monoisotopic (exact) mass is 225 g/mol. The van der Waals surface area contributed by atoms with Crippen molar-refractivity contribution in [2.24, 2.45) is 11.7 Å². The van der Waals surface area contributed by atoms with Gasteiger partial charge in [0.05, 0.1) is 0 Å². The van der Waals surface area contributed by atoms with Crippen molar-refractivity contribution in [3.05, 3.63) is 35.4 Å². The van der Waals surface area contributed by atoms with Gasteiger partial charge in [-0.15, -0.1) is 12.4 Å². The van der Waals surface area contributed by atoms with Crippen LogP contribution in [0.1, 0.15) is 42.9 Å². The van der Waals surface area contributed by atoms with Crippen molar-refractivity contribution in [1.29, 1.82) is 0 Å². The van der Waals surface area contributed by atoms with E-state index in [0.717, 1.165) is 5.92 Å². The van der Waals surface area contributed by atoms with Crippen LogP contribution in [-0.4, -0.2) is 0 Å². The van der Waals surface area contributed by atoms with Crippen molar-refractivity contribution in [1.82, 2.24) is 0 Å². The van der Waals surface area contributed by atoms with Gasteiger partial charge in [0.1, 0.15) is 0 Å². The molecule has 1 nitrogen and oxygen atoms in total. The van der Waals surface area contributed by atoms with Crippen molar-refractivity contribution in [2.45, 2.75) is 38.6 Å². The van der Waals surface area contributed by atoms with E-state index >= 15 is 0 Å². The van der Waals surface area contributed by atoms with Gasteiger partial charge in [-0.3, -0.25) is 0 Å². The first kappa shape index (κ1) is 12.5. The summed E-state index contributed by atoms with van der Waals surface area (Å²) in [5.74, 6) is 0.719. The average molecular weight is 226 g/mol. The predicted molar refractivity (Wildman–Crippen MR) is 67.3 cm³/mol. The Hall–Kier alpha value is -0.530. The maximum Gasteiger partial charge on any atom is 0.0326 e. The van der Waals surface area contributed by atoms with E-state index in [1.165, 1.54) is 36.8 Å². The van der Waals surface area contributed by atoms with E-state index in [9.17, 15) is 0 Å². The Morgan fingerprint density at radius 1 is 1.20 bits per heavy atom. The summed E-state index contributed by atoms with van der Waals surface area (Å²) in [6.07, 6.45) is 5.36. The van der Waals surface area contributed by atoms with Gasteiger partial charge in [-0.2, -0.15) is 0 Å². The molecule has 0 unspecified atom stereocenters. The Labute approximate surface area is 98.5 Å². The van der Waals surface area contributed by atoms with Gasteiger partial charge in [-0.1, -0.05) is 37.1 Å². The van der Waals surface area contributed by atoms with Gasteiger partial charge < -0.3 is 5.73 Å². The molecule has 0 bridgehead atoms. The maximum atomic E-state index is 6.30. The molecule has 1 saturated carbocycles. The molecular weight excluding hydrogens is 206 g/mol. The van der Waals surface area contributed by atoms with E-state index in [0.29, 0.717) is 0 Å². The number of aryl methyl sites for hydroxylation is 1. The first-order valence-electron chi connectivity index (χ1n) is 5.60. The van der Waals surface area contributed by atoms with Crippen molar-refractivity contribution < 1.29 is 0 Å². The van der Waals surface area contributed by atoms with Gasteiger partial charge >= 0.3 is 0 Å². The summed E-state index contributed by atoms with van der Waals surface area (Å²) in [7, 11) is 0. The Morgan fingerprint density at radius 2 is 1.80 bits per heavy atom. The van der Waals surface area contributed by atoms with Crippen LogP contribution in [0.3, 0.4) is 0 Å². The number of halogens is 1. The Kier molecular flexibility index (Phi) is 4.62. The molecule has 1 fully saturated rings. The summed E-state index contributed by atoms with van der Waals surface area (Å²) in [5, 5.41) is 0. The summed E-state index contributed by atoms with van der Waals surface area (Å²) in [5.41, 5.74) is 8.99. The molecule has 1 aliphatic carbocycles. The molecule has 1 aromatic carbocycles. The lowest BCUT2D eigenvalue weighted by Gasteiger charge is -2.20. The van der Waals surface area contributed by atoms with Gasteiger partial charge in [0.2, 0.25) is 0 Å². The van der Waals surface area contributed by atoms with E-state index in [2.05, 4.69) is 31.2 Å². The smallest absolute Gasteiger partial charge is 0.0326 e. The number of hydrogen-bond donors (Lipinski definition) is 1. The second-order valence-corrected chi connectivity index (χ2v) is 4.43. The summed E-state index contributed by atoms with van der Waals surface area (Å²) in [6, 6.07) is 8.78. The zero-order chi connectivity index (χ0) is 9.97. The highest BCUT2D eigenvalue weighted by Crippen LogP contribution is 2.34. The zero-order valence-corrected chi connectivity index (χ0v) is 10.1. The molecular formula is C13H20ClN. The van der Waals surface area contributed by atoms with Crippen LogP contribution >= 0.6 is 12.4 Å². The summed E-state index contributed by atoms with van der Waals surface area (Å²) in [6.45, 7) is 2.16. The minimum absolute atomic E-state index is 0. The Balaban J connectivity index is 0.00000112. The van der Waals surface area contributed by atoms with Crippen LogP contribution in [0, 0.1) is 12.8 Å².